The van der Waals surface area contributed by atoms with E-state index in [0.717, 1.165) is 38.1 Å². The monoisotopic (exact) mass is 258 g/mol. The fourth-order valence-electron chi connectivity index (χ4n) is 2.39. The number of hydrogen-bond acceptors (Lipinski definition) is 2. The quantitative estimate of drug-likeness (QED) is 0.837. The van der Waals surface area contributed by atoms with Crippen LogP contribution in [0, 0.1) is 17.5 Å². The molecule has 1 aromatic carbocycles. The third-order valence-electron chi connectivity index (χ3n) is 3.36. The average Bonchev–Trinajstić information content (AvgIpc) is 2.36. The van der Waals surface area contributed by atoms with E-state index in [9.17, 15) is 13.2 Å². The van der Waals surface area contributed by atoms with Crippen LogP contribution >= 0.6 is 0 Å². The summed E-state index contributed by atoms with van der Waals surface area (Å²) in [4.78, 5) is 2.12. The van der Waals surface area contributed by atoms with Crippen LogP contribution in [0.4, 0.5) is 13.2 Å². The highest BCUT2D eigenvalue weighted by Crippen LogP contribution is 2.17. The van der Waals surface area contributed by atoms with E-state index in [-0.39, 0.29) is 0 Å². The summed E-state index contributed by atoms with van der Waals surface area (Å²) in [6, 6.07) is 2.55. The van der Waals surface area contributed by atoms with Gasteiger partial charge in [0.2, 0.25) is 0 Å². The first-order chi connectivity index (χ1) is 8.60. The van der Waals surface area contributed by atoms with Crippen molar-refractivity contribution in [3.63, 3.8) is 0 Å². The highest BCUT2D eigenvalue weighted by atomic mass is 19.2. The summed E-state index contributed by atoms with van der Waals surface area (Å²) < 4.78 is 39.0. The maximum Gasteiger partial charge on any atom is 0.194 e. The Labute approximate surface area is 105 Å². The fraction of sp³-hybridized carbons (Fsp3) is 0.538. The third-order valence-corrected chi connectivity index (χ3v) is 3.36. The Morgan fingerprint density at radius 2 is 1.94 bits per heavy atom. The number of hydrogen-bond donors (Lipinski definition) is 1. The lowest BCUT2D eigenvalue weighted by Crippen LogP contribution is -2.43. The first-order valence-corrected chi connectivity index (χ1v) is 6.13. The molecule has 1 heterocycles. The molecule has 1 N–H and O–H groups in total. The Morgan fingerprint density at radius 1 is 1.28 bits per heavy atom. The van der Waals surface area contributed by atoms with E-state index >= 15 is 0 Å². The van der Waals surface area contributed by atoms with Gasteiger partial charge in [-0.25, -0.2) is 13.2 Å². The Hall–Kier alpha value is -1.07. The molecule has 1 aliphatic heterocycles. The minimum atomic E-state index is -1.40. The van der Waals surface area contributed by atoms with Crippen LogP contribution in [0.3, 0.4) is 0 Å². The van der Waals surface area contributed by atoms with E-state index in [1.54, 1.807) is 0 Å². The maximum absolute atomic E-state index is 13.1. The second kappa shape index (κ2) is 5.71. The Balaban J connectivity index is 2.05. The van der Waals surface area contributed by atoms with E-state index in [1.165, 1.54) is 0 Å². The van der Waals surface area contributed by atoms with Crippen LogP contribution in [0.5, 0.6) is 0 Å². The summed E-state index contributed by atoms with van der Waals surface area (Å²) in [7, 11) is 1.91. The molecule has 18 heavy (non-hydrogen) atoms. The minimum Gasteiger partial charge on any atom is -0.316 e. The lowest BCUT2D eigenvalue weighted by molar-refractivity contribution is 0.187. The van der Waals surface area contributed by atoms with Crippen LogP contribution in [-0.4, -0.2) is 31.1 Å². The van der Waals surface area contributed by atoms with Gasteiger partial charge in [-0.15, -0.1) is 0 Å². The number of halogens is 3. The van der Waals surface area contributed by atoms with Gasteiger partial charge in [-0.1, -0.05) is 0 Å². The number of nitrogens with one attached hydrogen (secondary N) is 1. The molecular formula is C13H17F3N2. The highest BCUT2D eigenvalue weighted by Gasteiger charge is 2.19. The topological polar surface area (TPSA) is 15.3 Å². The Morgan fingerprint density at radius 3 is 2.56 bits per heavy atom. The van der Waals surface area contributed by atoms with Gasteiger partial charge < -0.3 is 5.32 Å². The van der Waals surface area contributed by atoms with Gasteiger partial charge in [0.05, 0.1) is 0 Å². The molecule has 1 aromatic rings. The summed E-state index contributed by atoms with van der Waals surface area (Å²) >= 11 is 0. The molecular weight excluding hydrogens is 241 g/mol. The van der Waals surface area contributed by atoms with E-state index in [4.69, 9.17) is 0 Å². The summed E-state index contributed by atoms with van der Waals surface area (Å²) in [5.74, 6) is -3.63. The standard InChI is InChI=1S/C13H17F3N2/c1-17-10-3-2-4-18(8-10)7-9-5-11(14)13(16)12(15)6-9/h5-6,10,17H,2-4,7-8H2,1H3. The zero-order chi connectivity index (χ0) is 13.1. The predicted molar refractivity (Wildman–Crippen MR) is 63.7 cm³/mol. The van der Waals surface area contributed by atoms with Gasteiger partial charge in [0.15, 0.2) is 17.5 Å². The van der Waals surface area contributed by atoms with Gasteiger partial charge in [-0.05, 0) is 44.1 Å². The first-order valence-electron chi connectivity index (χ1n) is 6.13. The van der Waals surface area contributed by atoms with E-state index in [1.807, 2.05) is 7.05 Å². The van der Waals surface area contributed by atoms with Gasteiger partial charge in [0, 0.05) is 19.1 Å². The van der Waals surface area contributed by atoms with Gasteiger partial charge in [0.1, 0.15) is 0 Å². The number of nitrogens with zero attached hydrogens (tertiary/aromatic N) is 1. The molecule has 1 atom stereocenters. The maximum atomic E-state index is 13.1. The van der Waals surface area contributed by atoms with Gasteiger partial charge in [-0.2, -0.15) is 0 Å². The van der Waals surface area contributed by atoms with E-state index in [2.05, 4.69) is 10.2 Å². The summed E-state index contributed by atoms with van der Waals surface area (Å²) in [5, 5.41) is 3.20. The number of benzene rings is 1. The van der Waals surface area contributed by atoms with Crippen molar-refractivity contribution in [3.8, 4) is 0 Å². The van der Waals surface area contributed by atoms with Crippen LogP contribution in [0.1, 0.15) is 18.4 Å². The number of likely N-dealkylation sites (N-methyl/N-ethyl adjacent to an activating group) is 1. The van der Waals surface area contributed by atoms with Crippen molar-refractivity contribution in [3.05, 3.63) is 35.1 Å². The minimum absolute atomic E-state index is 0.411. The molecule has 0 aliphatic carbocycles. The summed E-state index contributed by atoms with van der Waals surface area (Å²) in [5.41, 5.74) is 0.475. The SMILES string of the molecule is CNC1CCCN(Cc2cc(F)c(F)c(F)c2)C1. The molecule has 1 aliphatic rings. The Kier molecular flexibility index (Phi) is 4.24. The molecule has 2 rings (SSSR count). The van der Waals surface area contributed by atoms with E-state index in [0.29, 0.717) is 18.2 Å². The predicted octanol–water partition coefficient (Wildman–Crippen LogP) is 2.29. The van der Waals surface area contributed by atoms with Crippen molar-refractivity contribution in [1.82, 2.24) is 10.2 Å². The lowest BCUT2D eigenvalue weighted by Gasteiger charge is -2.32. The largest absolute Gasteiger partial charge is 0.316 e. The Bertz CT molecular complexity index is 400. The molecule has 0 saturated carbocycles. The van der Waals surface area contributed by atoms with Crippen molar-refractivity contribution >= 4 is 0 Å². The zero-order valence-corrected chi connectivity index (χ0v) is 10.3. The molecule has 1 saturated heterocycles. The molecule has 5 heteroatoms. The number of likely N-dealkylation sites (tertiary alicyclic amines) is 1. The van der Waals surface area contributed by atoms with Crippen LogP contribution < -0.4 is 5.32 Å². The van der Waals surface area contributed by atoms with Crippen molar-refractivity contribution < 1.29 is 13.2 Å². The number of rotatable bonds is 3. The molecule has 2 nitrogen and oxygen atoms in total. The number of piperidine rings is 1. The van der Waals surface area contributed by atoms with Crippen LogP contribution in [-0.2, 0) is 6.54 Å². The van der Waals surface area contributed by atoms with Crippen LogP contribution in [0.2, 0.25) is 0 Å². The molecule has 0 spiro atoms. The summed E-state index contributed by atoms with van der Waals surface area (Å²) in [6.07, 6.45) is 2.16. The summed E-state index contributed by atoms with van der Waals surface area (Å²) in [6.45, 7) is 2.20. The molecule has 0 aromatic heterocycles. The zero-order valence-electron chi connectivity index (χ0n) is 10.3. The van der Waals surface area contributed by atoms with Gasteiger partial charge in [-0.3, -0.25) is 4.90 Å². The molecule has 1 unspecified atom stereocenters. The molecule has 100 valence electrons. The molecule has 0 amide bonds. The van der Waals surface area contributed by atoms with Crippen molar-refractivity contribution in [2.24, 2.45) is 0 Å². The highest BCUT2D eigenvalue weighted by molar-refractivity contribution is 5.19. The fourth-order valence-corrected chi connectivity index (χ4v) is 2.39. The van der Waals surface area contributed by atoms with Crippen molar-refractivity contribution in [1.29, 1.82) is 0 Å². The molecule has 1 fully saturated rings. The molecule has 0 radical (unpaired) electrons. The molecule has 0 bridgehead atoms. The smallest absolute Gasteiger partial charge is 0.194 e. The normalized spacial score (nSPS) is 21.2. The van der Waals surface area contributed by atoms with Crippen LogP contribution in [0.15, 0.2) is 12.1 Å². The second-order valence-electron chi connectivity index (χ2n) is 4.74. The lowest BCUT2D eigenvalue weighted by atomic mass is 10.0. The second-order valence-corrected chi connectivity index (χ2v) is 4.74. The van der Waals surface area contributed by atoms with Crippen molar-refractivity contribution in [2.45, 2.75) is 25.4 Å². The first kappa shape index (κ1) is 13.4. The van der Waals surface area contributed by atoms with Crippen molar-refractivity contribution in [2.75, 3.05) is 20.1 Å². The van der Waals surface area contributed by atoms with Gasteiger partial charge in [0.25, 0.3) is 0 Å². The third kappa shape index (κ3) is 3.03. The average molecular weight is 258 g/mol. The van der Waals surface area contributed by atoms with E-state index < -0.39 is 17.5 Å². The van der Waals surface area contributed by atoms with Crippen LogP contribution in [0.25, 0.3) is 0 Å². The van der Waals surface area contributed by atoms with Gasteiger partial charge >= 0.3 is 0 Å².